The van der Waals surface area contributed by atoms with Crippen molar-refractivity contribution in [1.29, 1.82) is 0 Å². The van der Waals surface area contributed by atoms with Crippen LogP contribution in [-0.2, 0) is 4.79 Å². The summed E-state index contributed by atoms with van der Waals surface area (Å²) in [5, 5.41) is 23.3. The SMILES string of the molecule is CC/C=C\C/C=C\C/C=C\C/C=C\CCCCCCCCC(=O)NC(CO)C(O)CCCCCCCCCCCCCCCCCCCCCCCCCCCCC. The number of carbonyl (C=O) groups is 1. The van der Waals surface area contributed by atoms with E-state index in [1.165, 1.54) is 180 Å². The summed E-state index contributed by atoms with van der Waals surface area (Å²) in [7, 11) is 0. The maximum absolute atomic E-state index is 12.4. The van der Waals surface area contributed by atoms with Gasteiger partial charge < -0.3 is 15.5 Å². The Labute approximate surface area is 363 Å². The predicted octanol–water partition coefficient (Wildman–Crippen LogP) is 16.7. The molecule has 58 heavy (non-hydrogen) atoms. The highest BCUT2D eigenvalue weighted by Crippen LogP contribution is 2.17. The fourth-order valence-electron chi connectivity index (χ4n) is 7.94. The van der Waals surface area contributed by atoms with Gasteiger partial charge in [0.2, 0.25) is 5.91 Å². The topological polar surface area (TPSA) is 69.6 Å². The summed E-state index contributed by atoms with van der Waals surface area (Å²) < 4.78 is 0. The van der Waals surface area contributed by atoms with Gasteiger partial charge >= 0.3 is 0 Å². The van der Waals surface area contributed by atoms with Crippen molar-refractivity contribution in [3.05, 3.63) is 48.6 Å². The van der Waals surface area contributed by atoms with E-state index in [0.29, 0.717) is 12.8 Å². The fourth-order valence-corrected chi connectivity index (χ4v) is 7.94. The first-order valence-corrected chi connectivity index (χ1v) is 25.8. The highest BCUT2D eigenvalue weighted by molar-refractivity contribution is 5.76. The molecule has 0 spiro atoms. The Morgan fingerprint density at radius 1 is 0.431 bits per heavy atom. The van der Waals surface area contributed by atoms with E-state index >= 15 is 0 Å². The van der Waals surface area contributed by atoms with Gasteiger partial charge in [-0.1, -0.05) is 262 Å². The summed E-state index contributed by atoms with van der Waals surface area (Å²) in [5.41, 5.74) is 0. The van der Waals surface area contributed by atoms with Crippen molar-refractivity contribution in [3.63, 3.8) is 0 Å². The Morgan fingerprint density at radius 3 is 1.14 bits per heavy atom. The molecule has 2 unspecified atom stereocenters. The zero-order valence-corrected chi connectivity index (χ0v) is 39.1. The van der Waals surface area contributed by atoms with E-state index in [1.807, 2.05) is 0 Å². The van der Waals surface area contributed by atoms with Gasteiger partial charge in [-0.05, 0) is 51.4 Å². The maximum atomic E-state index is 12.4. The van der Waals surface area contributed by atoms with Gasteiger partial charge in [-0.25, -0.2) is 0 Å². The smallest absolute Gasteiger partial charge is 0.220 e. The second-order valence-corrected chi connectivity index (χ2v) is 17.6. The molecule has 0 saturated heterocycles. The molecule has 340 valence electrons. The summed E-state index contributed by atoms with van der Waals surface area (Å²) in [6, 6.07) is -0.546. The number of unbranched alkanes of at least 4 members (excludes halogenated alkanes) is 32. The maximum Gasteiger partial charge on any atom is 0.220 e. The van der Waals surface area contributed by atoms with Crippen LogP contribution in [0.2, 0.25) is 0 Å². The average Bonchev–Trinajstić information content (AvgIpc) is 3.23. The van der Waals surface area contributed by atoms with E-state index in [4.69, 9.17) is 0 Å². The largest absolute Gasteiger partial charge is 0.394 e. The van der Waals surface area contributed by atoms with Crippen LogP contribution in [-0.4, -0.2) is 34.9 Å². The number of hydrogen-bond acceptors (Lipinski definition) is 3. The fraction of sp³-hybridized carbons (Fsp3) is 0.833. The van der Waals surface area contributed by atoms with Crippen LogP contribution in [0.15, 0.2) is 48.6 Å². The second kappa shape index (κ2) is 49.7. The molecule has 0 aromatic rings. The van der Waals surface area contributed by atoms with E-state index in [1.54, 1.807) is 0 Å². The number of amides is 1. The van der Waals surface area contributed by atoms with E-state index in [9.17, 15) is 15.0 Å². The van der Waals surface area contributed by atoms with Crippen LogP contribution in [0, 0.1) is 0 Å². The van der Waals surface area contributed by atoms with Crippen LogP contribution in [0.3, 0.4) is 0 Å². The molecule has 1 amide bonds. The molecular formula is C54H101NO3. The molecule has 4 nitrogen and oxygen atoms in total. The van der Waals surface area contributed by atoms with Crippen LogP contribution in [0.25, 0.3) is 0 Å². The lowest BCUT2D eigenvalue weighted by Gasteiger charge is -2.22. The number of carbonyl (C=O) groups excluding carboxylic acids is 1. The van der Waals surface area contributed by atoms with Gasteiger partial charge in [-0.15, -0.1) is 0 Å². The van der Waals surface area contributed by atoms with Gasteiger partial charge in [0.25, 0.3) is 0 Å². The number of aliphatic hydroxyl groups excluding tert-OH is 2. The minimum Gasteiger partial charge on any atom is -0.394 e. The molecule has 3 N–H and O–H groups in total. The third-order valence-corrected chi connectivity index (χ3v) is 11.9. The lowest BCUT2D eigenvalue weighted by atomic mass is 10.0. The van der Waals surface area contributed by atoms with E-state index in [0.717, 1.165) is 64.2 Å². The van der Waals surface area contributed by atoms with E-state index in [2.05, 4.69) is 67.8 Å². The molecule has 0 aromatic carbocycles. The predicted molar refractivity (Wildman–Crippen MR) is 258 cm³/mol. The number of allylic oxidation sites excluding steroid dienone is 8. The van der Waals surface area contributed by atoms with Crippen LogP contribution < -0.4 is 5.32 Å². The molecule has 4 heteroatoms. The monoisotopic (exact) mass is 812 g/mol. The molecule has 0 rings (SSSR count). The van der Waals surface area contributed by atoms with E-state index < -0.39 is 12.1 Å². The standard InChI is InChI=1S/C54H101NO3/c1-3-5-7-9-11-13-15-17-19-21-23-24-25-26-27-28-29-30-32-33-35-37-39-41-43-45-47-49-53(57)52(51-56)55-54(58)50-48-46-44-42-40-38-36-34-31-22-20-18-16-14-12-10-8-6-4-2/h6,8,12,14,18,20,31,34,52-53,56-57H,3-5,7,9-11,13,15-17,19,21-30,32-33,35-51H2,1-2H3,(H,55,58)/b8-6-,14-12-,20-18-,34-31-. The van der Waals surface area contributed by atoms with Crippen molar-refractivity contribution < 1.29 is 15.0 Å². The summed E-state index contributed by atoms with van der Waals surface area (Å²) >= 11 is 0. The Balaban J connectivity index is 3.48. The molecule has 0 radical (unpaired) electrons. The molecule has 0 aliphatic rings. The molecule has 0 aliphatic carbocycles. The van der Waals surface area contributed by atoms with Crippen molar-refractivity contribution in [2.45, 2.75) is 283 Å². The van der Waals surface area contributed by atoms with Crippen molar-refractivity contribution in [2.75, 3.05) is 6.61 Å². The number of hydrogen-bond donors (Lipinski definition) is 3. The summed E-state index contributed by atoms with van der Waals surface area (Å²) in [5.74, 6) is -0.0438. The number of nitrogens with one attached hydrogen (secondary N) is 1. The van der Waals surface area contributed by atoms with Gasteiger partial charge in [0.1, 0.15) is 0 Å². The first kappa shape index (κ1) is 56.4. The highest BCUT2D eigenvalue weighted by atomic mass is 16.3. The summed E-state index contributed by atoms with van der Waals surface area (Å²) in [4.78, 5) is 12.4. The lowest BCUT2D eigenvalue weighted by Crippen LogP contribution is -2.45. The Morgan fingerprint density at radius 2 is 0.759 bits per heavy atom. The first-order valence-electron chi connectivity index (χ1n) is 25.8. The first-order chi connectivity index (χ1) is 28.7. The third-order valence-electron chi connectivity index (χ3n) is 11.9. The van der Waals surface area contributed by atoms with Crippen LogP contribution in [0.4, 0.5) is 0 Å². The van der Waals surface area contributed by atoms with E-state index in [-0.39, 0.29) is 12.5 Å². The normalized spacial score (nSPS) is 13.2. The Hall–Kier alpha value is -1.65. The molecule has 0 heterocycles. The van der Waals surface area contributed by atoms with Gasteiger partial charge in [0, 0.05) is 6.42 Å². The molecule has 0 aliphatic heterocycles. The molecule has 2 atom stereocenters. The van der Waals surface area contributed by atoms with Gasteiger partial charge in [0.15, 0.2) is 0 Å². The molecule has 0 saturated carbocycles. The quantitative estimate of drug-likeness (QED) is 0.0423. The lowest BCUT2D eigenvalue weighted by molar-refractivity contribution is -0.123. The Kier molecular flexibility index (Phi) is 48.3. The van der Waals surface area contributed by atoms with Gasteiger partial charge in [-0.3, -0.25) is 4.79 Å². The zero-order chi connectivity index (χ0) is 42.1. The minimum atomic E-state index is -0.668. The average molecular weight is 812 g/mol. The number of aliphatic hydroxyl groups is 2. The minimum absolute atomic E-state index is 0.0438. The van der Waals surface area contributed by atoms with Crippen molar-refractivity contribution >= 4 is 5.91 Å². The zero-order valence-electron chi connectivity index (χ0n) is 39.1. The summed E-state index contributed by atoms with van der Waals surface area (Å²) in [6.45, 7) is 4.26. The van der Waals surface area contributed by atoms with Crippen LogP contribution in [0.1, 0.15) is 271 Å². The number of rotatable bonds is 47. The summed E-state index contributed by atoms with van der Waals surface area (Å²) in [6.07, 6.45) is 67.9. The Bertz CT molecular complexity index is 923. The van der Waals surface area contributed by atoms with Crippen molar-refractivity contribution in [1.82, 2.24) is 5.32 Å². The van der Waals surface area contributed by atoms with Crippen LogP contribution in [0.5, 0.6) is 0 Å². The van der Waals surface area contributed by atoms with Gasteiger partial charge in [-0.2, -0.15) is 0 Å². The molecular weight excluding hydrogens is 711 g/mol. The van der Waals surface area contributed by atoms with Crippen molar-refractivity contribution in [3.8, 4) is 0 Å². The molecule has 0 aromatic heterocycles. The van der Waals surface area contributed by atoms with Crippen molar-refractivity contribution in [2.24, 2.45) is 0 Å². The third kappa shape index (κ3) is 45.4. The highest BCUT2D eigenvalue weighted by Gasteiger charge is 2.20. The second-order valence-electron chi connectivity index (χ2n) is 17.6. The van der Waals surface area contributed by atoms with Gasteiger partial charge in [0.05, 0.1) is 18.8 Å². The molecule has 0 fully saturated rings. The molecule has 0 bridgehead atoms. The van der Waals surface area contributed by atoms with Crippen LogP contribution >= 0.6 is 0 Å².